The van der Waals surface area contributed by atoms with Gasteiger partial charge in [0, 0.05) is 154 Å². The average molecular weight is 1280 g/mol. The maximum absolute atomic E-state index is 13.7. The van der Waals surface area contributed by atoms with Crippen LogP contribution in [0.2, 0.25) is 0 Å². The number of aryl methyl sites for hydroxylation is 2. The number of methoxy groups -OCH3 is 1. The topological polar surface area (TPSA) is 206 Å². The van der Waals surface area contributed by atoms with Gasteiger partial charge < -0.3 is 46.9 Å². The molecular weight excluding hydrogens is 1210 g/mol. The third-order valence-electron chi connectivity index (χ3n) is 17.8. The second-order valence-electron chi connectivity index (χ2n) is 23.8. The highest BCUT2D eigenvalue weighted by molar-refractivity contribution is 5.94. The number of fused-ring (bicyclic) bond motifs is 3. The molecule has 3 saturated heterocycles. The van der Waals surface area contributed by atoms with Crippen molar-refractivity contribution in [3.05, 3.63) is 222 Å². The summed E-state index contributed by atoms with van der Waals surface area (Å²) in [5.74, 6) is 4.22. The van der Waals surface area contributed by atoms with Crippen LogP contribution in [0.25, 0.3) is 62.2 Å². The smallest absolute Gasteiger partial charge is 0.257 e. The molecule has 3 aromatic carbocycles. The quantitative estimate of drug-likeness (QED) is 0.111. The highest BCUT2D eigenvalue weighted by Gasteiger charge is 2.29. The van der Waals surface area contributed by atoms with Crippen molar-refractivity contribution < 1.29 is 36.4 Å². The van der Waals surface area contributed by atoms with Crippen LogP contribution in [0.5, 0.6) is 5.75 Å². The van der Waals surface area contributed by atoms with Gasteiger partial charge in [0.2, 0.25) is 0 Å². The predicted molar refractivity (Wildman–Crippen MR) is 358 cm³/mol. The molecule has 13 aromatic rings. The number of furan rings is 4. The Bertz CT molecular complexity index is 4790. The standard InChI is InChI=1S/C25H21N5O3.C24H27N5O2.C23H22FN5O2/c31-25(19-8-14-32-17-19)29-11-9-28(10-12-29)24-16-21(22-7-4-13-33-22)26-23-15-20(27-30(23)24)18-5-2-1-3-6-18;1-17-18(2)25-23-14-22(20-5-4-6-21(13-20)30-3)26-29(23)24(17)28-10-8-27(9-11-28)15-19-7-12-31-16-19;1-15-16(2)25-21-13-20(17-4-3-5-19(24)12-17)26-29(21)22(15)27-7-9-28(10-8-27)23(30)18-6-11-31-14-18/h1-8,13-17H,9-12H2;4-7,12-14,16H,8-11,15H2,1-3H3;3-6,11-14H,7-10H2,1-2H3. The van der Waals surface area contributed by atoms with Gasteiger partial charge in [-0.15, -0.1) is 0 Å². The highest BCUT2D eigenvalue weighted by Crippen LogP contribution is 2.33. The number of hydrogen-bond acceptors (Lipinski definition) is 17. The summed E-state index contributed by atoms with van der Waals surface area (Å²) in [6, 6.07) is 41.6. The normalized spacial score (nSPS) is 14.5. The van der Waals surface area contributed by atoms with E-state index in [1.807, 2.05) is 134 Å². The molecule has 10 aromatic heterocycles. The summed E-state index contributed by atoms with van der Waals surface area (Å²) in [5.41, 5.74) is 14.8. The first-order valence-electron chi connectivity index (χ1n) is 31.7. The van der Waals surface area contributed by atoms with Gasteiger partial charge in [-0.1, -0.05) is 54.6 Å². The Labute approximate surface area is 546 Å². The van der Waals surface area contributed by atoms with E-state index in [9.17, 15) is 14.0 Å². The fraction of sp³-hybridized carbons (Fsp3) is 0.250. The van der Waals surface area contributed by atoms with Crippen molar-refractivity contribution >= 4 is 46.2 Å². The highest BCUT2D eigenvalue weighted by atomic mass is 19.1. The van der Waals surface area contributed by atoms with E-state index in [4.69, 9.17) is 47.7 Å². The van der Waals surface area contributed by atoms with Gasteiger partial charge in [-0.05, 0) is 82.3 Å². The van der Waals surface area contributed by atoms with E-state index in [0.717, 1.165) is 112 Å². The first-order chi connectivity index (χ1) is 46.4. The molecule has 0 spiro atoms. The number of hydrogen-bond donors (Lipinski definition) is 0. The molecule has 95 heavy (non-hydrogen) atoms. The summed E-state index contributed by atoms with van der Waals surface area (Å²) in [7, 11) is 1.68. The zero-order valence-electron chi connectivity index (χ0n) is 53.4. The lowest BCUT2D eigenvalue weighted by Gasteiger charge is -2.36. The number of amides is 2. The Morgan fingerprint density at radius 1 is 0.474 bits per heavy atom. The molecule has 16 rings (SSSR count). The van der Waals surface area contributed by atoms with Crippen LogP contribution in [-0.4, -0.2) is 156 Å². The summed E-state index contributed by atoms with van der Waals surface area (Å²) in [6.45, 7) is 18.2. The van der Waals surface area contributed by atoms with E-state index in [-0.39, 0.29) is 17.6 Å². The largest absolute Gasteiger partial charge is 0.497 e. The number of rotatable bonds is 12. The maximum Gasteiger partial charge on any atom is 0.257 e. The van der Waals surface area contributed by atoms with Gasteiger partial charge in [0.05, 0.1) is 66.6 Å². The molecule has 3 aliphatic heterocycles. The second kappa shape index (κ2) is 26.7. The maximum atomic E-state index is 13.7. The Morgan fingerprint density at radius 3 is 1.53 bits per heavy atom. The lowest BCUT2D eigenvalue weighted by molar-refractivity contribution is 0.0738. The molecule has 23 heteroatoms. The Hall–Kier alpha value is -11.3. The van der Waals surface area contributed by atoms with Gasteiger partial charge in [0.1, 0.15) is 47.2 Å². The zero-order valence-corrected chi connectivity index (χ0v) is 53.4. The minimum atomic E-state index is -0.298. The van der Waals surface area contributed by atoms with Crippen molar-refractivity contribution in [1.82, 2.24) is 58.5 Å². The van der Waals surface area contributed by atoms with Crippen molar-refractivity contribution in [3.8, 4) is 51.0 Å². The molecule has 0 bridgehead atoms. The zero-order chi connectivity index (χ0) is 65.1. The molecule has 0 atom stereocenters. The number of carbonyl (C=O) groups is 2. The SMILES string of the molecule is COc1cccc(-c2cc3nc(C)c(C)c(N4CCN(Cc5ccoc5)CC4)n3n2)c1.Cc1nc2cc(-c3cccc(F)c3)nn2c(N2CCN(C(=O)c3ccoc3)CC2)c1C.O=C(c1ccoc1)N1CCN(c2cc(-c3ccco3)nc3cc(-c4ccccc4)nn23)CC1. The van der Waals surface area contributed by atoms with Crippen LogP contribution < -0.4 is 19.4 Å². The van der Waals surface area contributed by atoms with Gasteiger partial charge in [0.15, 0.2) is 22.7 Å². The lowest BCUT2D eigenvalue weighted by atomic mass is 10.1. The fourth-order valence-electron chi connectivity index (χ4n) is 12.5. The molecule has 0 unspecified atom stereocenters. The second-order valence-corrected chi connectivity index (χ2v) is 23.8. The van der Waals surface area contributed by atoms with Gasteiger partial charge in [-0.2, -0.15) is 28.8 Å². The molecule has 0 aliphatic carbocycles. The van der Waals surface area contributed by atoms with Crippen LogP contribution in [0.15, 0.2) is 195 Å². The van der Waals surface area contributed by atoms with E-state index in [2.05, 4.69) is 50.6 Å². The van der Waals surface area contributed by atoms with Gasteiger partial charge in [0.25, 0.3) is 11.8 Å². The molecule has 22 nitrogen and oxygen atoms in total. The summed E-state index contributed by atoms with van der Waals surface area (Å²) >= 11 is 0. The summed E-state index contributed by atoms with van der Waals surface area (Å²) < 4.78 is 45.8. The van der Waals surface area contributed by atoms with E-state index in [1.54, 1.807) is 37.8 Å². The lowest BCUT2D eigenvalue weighted by Crippen LogP contribution is -2.49. The third-order valence-corrected chi connectivity index (χ3v) is 17.8. The molecule has 3 fully saturated rings. The van der Waals surface area contributed by atoms with Crippen LogP contribution in [0, 0.1) is 33.5 Å². The van der Waals surface area contributed by atoms with Crippen molar-refractivity contribution in [2.75, 3.05) is 100 Å². The number of aromatic nitrogens is 9. The Morgan fingerprint density at radius 2 is 0.989 bits per heavy atom. The van der Waals surface area contributed by atoms with Gasteiger partial charge in [-0.3, -0.25) is 14.5 Å². The Kier molecular flexibility index (Phi) is 17.2. The first kappa shape index (κ1) is 61.2. The molecule has 13 heterocycles. The van der Waals surface area contributed by atoms with Crippen LogP contribution in [0.1, 0.15) is 48.8 Å². The number of benzene rings is 3. The molecule has 3 aliphatic rings. The third kappa shape index (κ3) is 12.8. The number of nitrogens with zero attached hydrogens (tertiary/aromatic N) is 15. The fourth-order valence-corrected chi connectivity index (χ4v) is 12.5. The molecule has 0 radical (unpaired) electrons. The van der Waals surface area contributed by atoms with Crippen LogP contribution in [0.4, 0.5) is 21.8 Å². The van der Waals surface area contributed by atoms with E-state index >= 15 is 0 Å². The summed E-state index contributed by atoms with van der Waals surface area (Å²) in [6.07, 6.45) is 11.2. The number of carbonyl (C=O) groups excluding carboxylic acids is 2. The van der Waals surface area contributed by atoms with Gasteiger partial charge >= 0.3 is 0 Å². The molecule has 482 valence electrons. The molecule has 0 saturated carbocycles. The number of ether oxygens (including phenoxy) is 1. The first-order valence-corrected chi connectivity index (χ1v) is 31.7. The number of piperazine rings is 3. The van der Waals surface area contributed by atoms with Crippen LogP contribution in [0.3, 0.4) is 0 Å². The minimum Gasteiger partial charge on any atom is -0.497 e. The van der Waals surface area contributed by atoms with Gasteiger partial charge in [-0.25, -0.2) is 19.3 Å². The van der Waals surface area contributed by atoms with Crippen molar-refractivity contribution in [2.24, 2.45) is 0 Å². The predicted octanol–water partition coefficient (Wildman–Crippen LogP) is 11.9. The number of halogens is 1. The summed E-state index contributed by atoms with van der Waals surface area (Å²) in [5, 5.41) is 14.6. The van der Waals surface area contributed by atoms with Crippen molar-refractivity contribution in [3.63, 3.8) is 0 Å². The van der Waals surface area contributed by atoms with E-state index in [0.29, 0.717) is 86.1 Å². The molecule has 2 amide bonds. The number of anilines is 3. The van der Waals surface area contributed by atoms with Crippen molar-refractivity contribution in [1.29, 1.82) is 0 Å². The van der Waals surface area contributed by atoms with Crippen molar-refractivity contribution in [2.45, 2.75) is 34.2 Å². The average Bonchev–Trinajstić information content (AvgIpc) is 1.68. The van der Waals surface area contributed by atoms with E-state index in [1.165, 1.54) is 48.3 Å². The van der Waals surface area contributed by atoms with E-state index < -0.39 is 0 Å². The molecule has 0 N–H and O–H groups in total. The molecular formula is C72H70FN15O7. The minimum absolute atomic E-state index is 0.00926. The summed E-state index contributed by atoms with van der Waals surface area (Å²) in [4.78, 5) is 52.7. The van der Waals surface area contributed by atoms with Crippen LogP contribution >= 0.6 is 0 Å². The monoisotopic (exact) mass is 1280 g/mol. The Balaban J connectivity index is 0.000000123. The van der Waals surface area contributed by atoms with Crippen LogP contribution in [-0.2, 0) is 6.54 Å².